The molecule has 0 aromatic carbocycles. The normalized spacial score (nSPS) is 29.6. The molecule has 2 rings (SSSR count). The van der Waals surface area contributed by atoms with Gasteiger partial charge in [-0.3, -0.25) is 9.69 Å². The molecule has 2 aliphatic rings. The van der Waals surface area contributed by atoms with Crippen LogP contribution in [0.5, 0.6) is 0 Å². The van der Waals surface area contributed by atoms with Gasteiger partial charge in [0.05, 0.1) is 6.26 Å². The van der Waals surface area contributed by atoms with E-state index < -0.39 is 28.3 Å². The van der Waals surface area contributed by atoms with Crippen molar-refractivity contribution in [1.29, 1.82) is 0 Å². The minimum absolute atomic E-state index is 0.193. The minimum atomic E-state index is -3.18. The molecule has 20 heavy (non-hydrogen) atoms. The van der Waals surface area contributed by atoms with Crippen LogP contribution in [-0.2, 0) is 14.8 Å². The summed E-state index contributed by atoms with van der Waals surface area (Å²) in [6, 6.07) is -0.681. The molecule has 2 N–H and O–H groups in total. The lowest BCUT2D eigenvalue weighted by atomic mass is 9.77. The lowest BCUT2D eigenvalue weighted by Gasteiger charge is -2.38. The van der Waals surface area contributed by atoms with E-state index in [0.29, 0.717) is 38.9 Å². The zero-order valence-electron chi connectivity index (χ0n) is 11.8. The first kappa shape index (κ1) is 15.7. The average Bonchev–Trinajstić information content (AvgIpc) is 2.68. The van der Waals surface area contributed by atoms with Gasteiger partial charge in [0.1, 0.15) is 12.3 Å². The van der Waals surface area contributed by atoms with E-state index in [1.807, 2.05) is 0 Å². The predicted molar refractivity (Wildman–Crippen MR) is 72.5 cm³/mol. The van der Waals surface area contributed by atoms with E-state index in [0.717, 1.165) is 0 Å². The molecule has 2 unspecified atom stereocenters. The van der Waals surface area contributed by atoms with Crippen LogP contribution in [0.4, 0.5) is 0 Å². The lowest BCUT2D eigenvalue weighted by Crippen LogP contribution is -2.45. The Kier molecular flexibility index (Phi) is 4.12. The second kappa shape index (κ2) is 5.25. The Morgan fingerprint density at radius 1 is 1.35 bits per heavy atom. The predicted octanol–water partition coefficient (Wildman–Crippen LogP) is -0.475. The summed E-state index contributed by atoms with van der Waals surface area (Å²) in [7, 11) is -3.18. The molecule has 2 aliphatic heterocycles. The highest BCUT2D eigenvalue weighted by atomic mass is 32.2. The van der Waals surface area contributed by atoms with Gasteiger partial charge < -0.3 is 10.2 Å². The van der Waals surface area contributed by atoms with E-state index in [-0.39, 0.29) is 5.41 Å². The summed E-state index contributed by atoms with van der Waals surface area (Å²) < 4.78 is 24.5. The smallest absolute Gasteiger partial charge is 0.321 e. The van der Waals surface area contributed by atoms with Crippen molar-refractivity contribution in [3.05, 3.63) is 0 Å². The van der Waals surface area contributed by atoms with Gasteiger partial charge in [-0.2, -0.15) is 0 Å². The number of hydrogen-bond donors (Lipinski definition) is 2. The van der Waals surface area contributed by atoms with Crippen molar-refractivity contribution in [2.45, 2.75) is 38.5 Å². The van der Waals surface area contributed by atoms with Crippen molar-refractivity contribution in [3.63, 3.8) is 0 Å². The molecule has 8 heteroatoms. The van der Waals surface area contributed by atoms with Gasteiger partial charge in [0, 0.05) is 19.6 Å². The molecule has 7 nitrogen and oxygen atoms in total. The van der Waals surface area contributed by atoms with Crippen LogP contribution >= 0.6 is 0 Å². The summed E-state index contributed by atoms with van der Waals surface area (Å²) in [6.45, 7) is 2.94. The van der Waals surface area contributed by atoms with Gasteiger partial charge in [0.25, 0.3) is 0 Å². The Labute approximate surface area is 119 Å². The van der Waals surface area contributed by atoms with E-state index in [1.165, 1.54) is 10.6 Å². The summed E-state index contributed by atoms with van der Waals surface area (Å²) in [5.74, 6) is -0.923. The average molecular weight is 306 g/mol. The van der Waals surface area contributed by atoms with Crippen molar-refractivity contribution in [2.75, 3.05) is 25.9 Å². The molecular weight excluding hydrogens is 284 g/mol. The van der Waals surface area contributed by atoms with Gasteiger partial charge in [-0.15, -0.1) is 0 Å². The second-order valence-electron chi connectivity index (χ2n) is 6.02. The molecule has 0 saturated carbocycles. The van der Waals surface area contributed by atoms with Crippen LogP contribution in [0, 0.1) is 5.41 Å². The van der Waals surface area contributed by atoms with E-state index in [4.69, 9.17) is 0 Å². The molecule has 0 aromatic rings. The number of sulfonamides is 1. The van der Waals surface area contributed by atoms with E-state index in [9.17, 15) is 23.4 Å². The summed E-state index contributed by atoms with van der Waals surface area (Å²) in [5, 5.41) is 19.0. The van der Waals surface area contributed by atoms with E-state index >= 15 is 0 Å². The van der Waals surface area contributed by atoms with Crippen LogP contribution in [0.3, 0.4) is 0 Å². The number of aliphatic carboxylic acids is 1. The third kappa shape index (κ3) is 2.98. The third-order valence-corrected chi connectivity index (χ3v) is 5.86. The third-order valence-electron chi connectivity index (χ3n) is 4.56. The first-order valence-corrected chi connectivity index (χ1v) is 8.61. The highest BCUT2D eigenvalue weighted by molar-refractivity contribution is 7.88. The number of carboxylic acid groups (broad SMARTS) is 1. The summed E-state index contributed by atoms with van der Waals surface area (Å²) >= 11 is 0. The molecule has 0 aliphatic carbocycles. The number of carboxylic acids is 1. The van der Waals surface area contributed by atoms with Crippen LogP contribution in [-0.4, -0.2) is 72.0 Å². The van der Waals surface area contributed by atoms with Gasteiger partial charge in [-0.05, 0) is 31.6 Å². The topological polar surface area (TPSA) is 98.2 Å². The van der Waals surface area contributed by atoms with Crippen molar-refractivity contribution in [2.24, 2.45) is 5.41 Å². The molecule has 0 amide bonds. The van der Waals surface area contributed by atoms with Gasteiger partial charge in [0.15, 0.2) is 0 Å². The van der Waals surface area contributed by atoms with Crippen LogP contribution < -0.4 is 0 Å². The highest BCUT2D eigenvalue weighted by Gasteiger charge is 2.49. The minimum Gasteiger partial charge on any atom is -0.480 e. The van der Waals surface area contributed by atoms with Gasteiger partial charge in [-0.1, -0.05) is 0 Å². The van der Waals surface area contributed by atoms with Crippen molar-refractivity contribution < 1.29 is 23.4 Å². The molecule has 2 saturated heterocycles. The second-order valence-corrected chi connectivity index (χ2v) is 8.01. The van der Waals surface area contributed by atoms with Crippen molar-refractivity contribution >= 4 is 16.0 Å². The number of nitrogens with zero attached hydrogens (tertiary/aromatic N) is 2. The van der Waals surface area contributed by atoms with Crippen molar-refractivity contribution in [1.82, 2.24) is 9.21 Å². The molecule has 0 aromatic heterocycles. The Morgan fingerprint density at radius 3 is 2.25 bits per heavy atom. The summed E-state index contributed by atoms with van der Waals surface area (Å²) in [6.07, 6.45) is 2.16. The Bertz CT molecular complexity index is 482. The maximum Gasteiger partial charge on any atom is 0.321 e. The fraction of sp³-hybridized carbons (Fsp3) is 0.917. The number of aliphatic hydroxyl groups is 1. The Hall–Kier alpha value is -0.700. The quantitative estimate of drug-likeness (QED) is 0.731. The number of piperidine rings is 1. The number of aliphatic hydroxyl groups excluding tert-OH is 1. The highest BCUT2D eigenvalue weighted by Crippen LogP contribution is 2.44. The largest absolute Gasteiger partial charge is 0.480 e. The van der Waals surface area contributed by atoms with Crippen LogP contribution in [0.25, 0.3) is 0 Å². The van der Waals surface area contributed by atoms with Crippen LogP contribution in [0.2, 0.25) is 0 Å². The van der Waals surface area contributed by atoms with E-state index in [1.54, 1.807) is 11.8 Å². The summed E-state index contributed by atoms with van der Waals surface area (Å²) in [4.78, 5) is 12.9. The molecule has 2 fully saturated rings. The lowest BCUT2D eigenvalue weighted by molar-refractivity contribution is -0.145. The maximum absolute atomic E-state index is 11.5. The van der Waals surface area contributed by atoms with Crippen molar-refractivity contribution in [3.8, 4) is 0 Å². The zero-order chi connectivity index (χ0) is 15.1. The maximum atomic E-state index is 11.5. The van der Waals surface area contributed by atoms with Crippen LogP contribution in [0.15, 0.2) is 0 Å². The molecule has 0 radical (unpaired) electrons. The first-order valence-electron chi connectivity index (χ1n) is 6.76. The number of carbonyl (C=O) groups is 1. The van der Waals surface area contributed by atoms with E-state index in [2.05, 4.69) is 0 Å². The standard InChI is InChI=1S/C12H22N2O5S/c1-9(15)14-8-12(7-10(14)11(16)17)3-5-13(6-4-12)20(2,18)19/h9-10,15H,3-8H2,1-2H3,(H,16,17). The number of likely N-dealkylation sites (tertiary alicyclic amines) is 1. The number of rotatable bonds is 3. The zero-order valence-corrected chi connectivity index (χ0v) is 12.6. The van der Waals surface area contributed by atoms with Gasteiger partial charge in [0.2, 0.25) is 10.0 Å². The number of hydrogen-bond acceptors (Lipinski definition) is 5. The molecule has 2 heterocycles. The van der Waals surface area contributed by atoms with Gasteiger partial charge in [-0.25, -0.2) is 12.7 Å². The molecule has 0 bridgehead atoms. The van der Waals surface area contributed by atoms with Crippen LogP contribution in [0.1, 0.15) is 26.2 Å². The summed E-state index contributed by atoms with van der Waals surface area (Å²) in [5.41, 5.74) is -0.193. The molecule has 116 valence electrons. The fourth-order valence-electron chi connectivity index (χ4n) is 3.37. The fourth-order valence-corrected chi connectivity index (χ4v) is 4.21. The SMILES string of the molecule is CC(O)N1CC2(CCN(S(C)(=O)=O)CC2)CC1C(=O)O. The molecular formula is C12H22N2O5S. The monoisotopic (exact) mass is 306 g/mol. The molecule has 2 atom stereocenters. The molecule has 1 spiro atoms. The first-order chi connectivity index (χ1) is 9.15. The Morgan fingerprint density at radius 2 is 1.90 bits per heavy atom. The van der Waals surface area contributed by atoms with Gasteiger partial charge >= 0.3 is 5.97 Å². The Balaban J connectivity index is 2.10.